The van der Waals surface area contributed by atoms with Crippen molar-refractivity contribution in [1.29, 1.82) is 0 Å². The van der Waals surface area contributed by atoms with E-state index in [4.69, 9.17) is 0 Å². The zero-order valence-corrected chi connectivity index (χ0v) is 15.2. The summed E-state index contributed by atoms with van der Waals surface area (Å²) >= 11 is 0. The van der Waals surface area contributed by atoms with Gasteiger partial charge in [0.2, 0.25) is 0 Å². The lowest BCUT2D eigenvalue weighted by molar-refractivity contribution is 0.795. The lowest BCUT2D eigenvalue weighted by Crippen LogP contribution is -1.86. The monoisotopic (exact) mass is 316 g/mol. The Labute approximate surface area is 147 Å². The van der Waals surface area contributed by atoms with Gasteiger partial charge < -0.3 is 0 Å². The summed E-state index contributed by atoms with van der Waals surface area (Å²) in [5.74, 6) is 0. The summed E-state index contributed by atoms with van der Waals surface area (Å²) in [5, 5.41) is 0. The molecule has 2 aromatic carbocycles. The molecule has 0 atom stereocenters. The largest absolute Gasteiger partial charge is 0.0961 e. The molecule has 0 saturated carbocycles. The van der Waals surface area contributed by atoms with E-state index in [2.05, 4.69) is 87.2 Å². The maximum atomic E-state index is 3.92. The molecule has 0 fully saturated rings. The van der Waals surface area contributed by atoms with Crippen molar-refractivity contribution < 1.29 is 0 Å². The molecule has 0 aromatic heterocycles. The molecule has 2 aromatic rings. The van der Waals surface area contributed by atoms with E-state index in [0.717, 1.165) is 5.57 Å². The number of benzene rings is 2. The Bertz CT molecular complexity index is 710. The minimum absolute atomic E-state index is 1.06. The number of unbranched alkanes of at least 4 members (excludes halogenated alkanes) is 1. The zero-order chi connectivity index (χ0) is 17.4. The van der Waals surface area contributed by atoms with Crippen molar-refractivity contribution in [2.24, 2.45) is 0 Å². The molecule has 0 unspecified atom stereocenters. The van der Waals surface area contributed by atoms with E-state index < -0.39 is 0 Å². The van der Waals surface area contributed by atoms with Gasteiger partial charge in [0.25, 0.3) is 0 Å². The van der Waals surface area contributed by atoms with Gasteiger partial charge in [0.05, 0.1) is 0 Å². The van der Waals surface area contributed by atoms with Gasteiger partial charge in [-0.2, -0.15) is 0 Å². The van der Waals surface area contributed by atoms with E-state index in [1.807, 2.05) is 6.92 Å². The van der Waals surface area contributed by atoms with Gasteiger partial charge in [0.15, 0.2) is 0 Å². The first-order valence-electron chi connectivity index (χ1n) is 8.83. The fourth-order valence-corrected chi connectivity index (χ4v) is 2.69. The second kappa shape index (κ2) is 9.08. The van der Waals surface area contributed by atoms with Gasteiger partial charge in [0.1, 0.15) is 0 Å². The topological polar surface area (TPSA) is 0 Å². The van der Waals surface area contributed by atoms with Crippen molar-refractivity contribution in [3.8, 4) is 11.1 Å². The Morgan fingerprint density at radius 1 is 0.917 bits per heavy atom. The lowest BCUT2D eigenvalue weighted by atomic mass is 9.98. The van der Waals surface area contributed by atoms with Crippen molar-refractivity contribution in [1.82, 2.24) is 0 Å². The molecular formula is C24H28. The summed E-state index contributed by atoms with van der Waals surface area (Å²) in [5.41, 5.74) is 7.49. The van der Waals surface area contributed by atoms with Gasteiger partial charge >= 0.3 is 0 Å². The van der Waals surface area contributed by atoms with Gasteiger partial charge in [-0.25, -0.2) is 0 Å². The maximum absolute atomic E-state index is 3.92. The minimum Gasteiger partial charge on any atom is -0.0961 e. The molecule has 2 rings (SSSR count). The number of rotatable bonds is 7. The third-order valence-corrected chi connectivity index (χ3v) is 4.18. The van der Waals surface area contributed by atoms with Crippen molar-refractivity contribution in [3.63, 3.8) is 0 Å². The van der Waals surface area contributed by atoms with Crippen LogP contribution in [0.4, 0.5) is 0 Å². The van der Waals surface area contributed by atoms with E-state index in [1.165, 1.54) is 47.1 Å². The molecule has 0 nitrogen and oxygen atoms in total. The molecule has 0 radical (unpaired) electrons. The van der Waals surface area contributed by atoms with Crippen LogP contribution >= 0.6 is 0 Å². The standard InChI is InChI=1S/C24H28/c1-5-7-8-20-10-13-23(14-11-20)24-17-15-22(16-18-24)21(6-2)12-9-19(3)4/h6,9-18H,3,5,7-8H2,1-2,4H3. The molecule has 0 aliphatic heterocycles. The smallest absolute Gasteiger partial charge is 0.0184 e. The number of hydrogen-bond acceptors (Lipinski definition) is 0. The molecule has 0 aliphatic rings. The molecule has 0 saturated heterocycles. The third-order valence-electron chi connectivity index (χ3n) is 4.18. The lowest BCUT2D eigenvalue weighted by Gasteiger charge is -2.07. The van der Waals surface area contributed by atoms with Crippen LogP contribution in [0.15, 0.2) is 78.9 Å². The van der Waals surface area contributed by atoms with Gasteiger partial charge in [-0.1, -0.05) is 92.3 Å². The summed E-state index contributed by atoms with van der Waals surface area (Å²) in [6.07, 6.45) is 10.00. The summed E-state index contributed by atoms with van der Waals surface area (Å²) in [4.78, 5) is 0. The number of allylic oxidation sites excluding steroid dienone is 5. The number of hydrogen-bond donors (Lipinski definition) is 0. The molecule has 0 bridgehead atoms. The highest BCUT2D eigenvalue weighted by atomic mass is 14.1. The Morgan fingerprint density at radius 3 is 2.00 bits per heavy atom. The Balaban J connectivity index is 2.15. The van der Waals surface area contributed by atoms with Crippen molar-refractivity contribution in [3.05, 3.63) is 90.0 Å². The van der Waals surface area contributed by atoms with Crippen LogP contribution in [0.2, 0.25) is 0 Å². The van der Waals surface area contributed by atoms with E-state index >= 15 is 0 Å². The average Bonchev–Trinajstić information content (AvgIpc) is 2.61. The predicted octanol–water partition coefficient (Wildman–Crippen LogP) is 7.23. The minimum atomic E-state index is 1.06. The summed E-state index contributed by atoms with van der Waals surface area (Å²) in [7, 11) is 0. The highest BCUT2D eigenvalue weighted by molar-refractivity contribution is 5.76. The Kier molecular flexibility index (Phi) is 6.81. The quantitative estimate of drug-likeness (QED) is 0.472. The molecule has 0 N–H and O–H groups in total. The van der Waals surface area contributed by atoms with Gasteiger partial charge in [-0.15, -0.1) is 0 Å². The second-order valence-electron chi connectivity index (χ2n) is 6.30. The van der Waals surface area contributed by atoms with Crippen LogP contribution in [0.1, 0.15) is 44.7 Å². The summed E-state index contributed by atoms with van der Waals surface area (Å²) in [6, 6.07) is 17.8. The van der Waals surface area contributed by atoms with Crippen LogP contribution in [0, 0.1) is 0 Å². The first-order valence-corrected chi connectivity index (χ1v) is 8.83. The zero-order valence-electron chi connectivity index (χ0n) is 15.2. The van der Waals surface area contributed by atoms with Crippen molar-refractivity contribution in [2.75, 3.05) is 0 Å². The molecule has 124 valence electrons. The number of aryl methyl sites for hydroxylation is 1. The molecule has 0 aliphatic carbocycles. The van der Waals surface area contributed by atoms with Crippen LogP contribution in [-0.2, 0) is 6.42 Å². The van der Waals surface area contributed by atoms with E-state index in [0.29, 0.717) is 0 Å². The normalized spacial score (nSPS) is 11.9. The summed E-state index contributed by atoms with van der Waals surface area (Å²) in [6.45, 7) is 10.2. The molecule has 0 heterocycles. The van der Waals surface area contributed by atoms with E-state index in [9.17, 15) is 0 Å². The molecular weight excluding hydrogens is 288 g/mol. The fourth-order valence-electron chi connectivity index (χ4n) is 2.69. The molecule has 0 spiro atoms. The average molecular weight is 316 g/mol. The van der Waals surface area contributed by atoms with Gasteiger partial charge in [-0.3, -0.25) is 0 Å². The van der Waals surface area contributed by atoms with Crippen LogP contribution in [0.3, 0.4) is 0 Å². The summed E-state index contributed by atoms with van der Waals surface area (Å²) < 4.78 is 0. The molecule has 0 heteroatoms. The van der Waals surface area contributed by atoms with Gasteiger partial charge in [-0.05, 0) is 54.5 Å². The third kappa shape index (κ3) is 5.09. The maximum Gasteiger partial charge on any atom is -0.0184 e. The van der Waals surface area contributed by atoms with E-state index in [1.54, 1.807) is 0 Å². The van der Waals surface area contributed by atoms with Crippen molar-refractivity contribution >= 4 is 5.57 Å². The first-order chi connectivity index (χ1) is 11.6. The van der Waals surface area contributed by atoms with Crippen molar-refractivity contribution in [2.45, 2.75) is 40.0 Å². The highest BCUT2D eigenvalue weighted by Crippen LogP contribution is 2.24. The van der Waals surface area contributed by atoms with Crippen LogP contribution in [-0.4, -0.2) is 0 Å². The second-order valence-corrected chi connectivity index (χ2v) is 6.30. The molecule has 24 heavy (non-hydrogen) atoms. The molecule has 0 amide bonds. The van der Waals surface area contributed by atoms with Crippen LogP contribution in [0.5, 0.6) is 0 Å². The first kappa shape index (κ1) is 18.0. The highest BCUT2D eigenvalue weighted by Gasteiger charge is 2.01. The fraction of sp³-hybridized carbons (Fsp3) is 0.250. The Hall–Kier alpha value is -2.34. The van der Waals surface area contributed by atoms with Crippen LogP contribution < -0.4 is 0 Å². The van der Waals surface area contributed by atoms with E-state index in [-0.39, 0.29) is 0 Å². The van der Waals surface area contributed by atoms with Gasteiger partial charge in [0, 0.05) is 0 Å². The Morgan fingerprint density at radius 2 is 1.50 bits per heavy atom. The van der Waals surface area contributed by atoms with Crippen LogP contribution in [0.25, 0.3) is 16.7 Å². The SMILES string of the molecule is C=C(C)C=CC(=CC)c1ccc(-c2ccc(CCCC)cc2)cc1. The predicted molar refractivity (Wildman–Crippen MR) is 108 cm³/mol.